The third kappa shape index (κ3) is 4.58. The average Bonchev–Trinajstić information content (AvgIpc) is 3.50. The molecule has 3 aromatic rings. The molecule has 6 rings (SSSR count). The summed E-state index contributed by atoms with van der Waals surface area (Å²) in [4.78, 5) is 18.5. The molecule has 3 aliphatic heterocycles. The van der Waals surface area contributed by atoms with Crippen molar-refractivity contribution in [2.24, 2.45) is 0 Å². The van der Waals surface area contributed by atoms with E-state index < -0.39 is 0 Å². The molecule has 3 aliphatic rings. The van der Waals surface area contributed by atoms with Gasteiger partial charge in [-0.2, -0.15) is 0 Å². The van der Waals surface area contributed by atoms with Crippen LogP contribution in [0.5, 0.6) is 11.5 Å². The highest BCUT2D eigenvalue weighted by Gasteiger charge is 2.36. The lowest BCUT2D eigenvalue weighted by molar-refractivity contribution is 0.0663. The topological polar surface area (TPSA) is 54.0 Å². The molecule has 6 heteroatoms. The standard InChI is InChI=1S/C29H31N3O3/c33-29(22-10-13-27-28(16-22)35-20-34-27)31-18-23-8-4-5-9-26(23)30-15-14-24-11-12-25(19-31)32(24)17-21-6-2-1-3-7-21/h1-10,13,16,24-25,30H,11-12,14-15,17-20H2/t24-,25+/m0/s1. The van der Waals surface area contributed by atoms with E-state index in [-0.39, 0.29) is 12.7 Å². The fraction of sp³-hybridized carbons (Fsp3) is 0.345. The van der Waals surface area contributed by atoms with E-state index in [2.05, 4.69) is 64.8 Å². The minimum Gasteiger partial charge on any atom is -0.454 e. The maximum atomic E-state index is 13.9. The minimum absolute atomic E-state index is 0.0282. The second kappa shape index (κ2) is 9.62. The van der Waals surface area contributed by atoms with Crippen molar-refractivity contribution < 1.29 is 14.3 Å². The molecular weight excluding hydrogens is 438 g/mol. The number of hydrogen-bond donors (Lipinski definition) is 1. The van der Waals surface area contributed by atoms with Gasteiger partial charge < -0.3 is 19.7 Å². The van der Waals surface area contributed by atoms with E-state index in [1.54, 1.807) is 0 Å². The van der Waals surface area contributed by atoms with Gasteiger partial charge in [0.2, 0.25) is 6.79 Å². The number of ether oxygens (including phenoxy) is 2. The van der Waals surface area contributed by atoms with Gasteiger partial charge in [0.25, 0.3) is 5.91 Å². The SMILES string of the molecule is O=C(c1ccc2c(c1)OCO2)N1Cc2ccccc2NCC[C@@H]2CC[C@H](C1)N2Cc1ccccc1. The molecule has 0 radical (unpaired) electrons. The van der Waals surface area contributed by atoms with E-state index in [4.69, 9.17) is 9.47 Å². The summed E-state index contributed by atoms with van der Waals surface area (Å²) in [6.07, 6.45) is 3.35. The first-order chi connectivity index (χ1) is 17.2. The number of amides is 1. The third-order valence-corrected chi connectivity index (χ3v) is 7.49. The van der Waals surface area contributed by atoms with Gasteiger partial charge >= 0.3 is 0 Å². The van der Waals surface area contributed by atoms with Crippen LogP contribution in [0.4, 0.5) is 5.69 Å². The van der Waals surface area contributed by atoms with Crippen LogP contribution in [-0.4, -0.2) is 47.7 Å². The zero-order valence-electron chi connectivity index (χ0n) is 19.9. The summed E-state index contributed by atoms with van der Waals surface area (Å²) in [5, 5.41) is 3.66. The van der Waals surface area contributed by atoms with Gasteiger partial charge in [-0.05, 0) is 54.7 Å². The maximum absolute atomic E-state index is 13.9. The minimum atomic E-state index is 0.0282. The molecule has 2 bridgehead atoms. The van der Waals surface area contributed by atoms with Crippen LogP contribution in [-0.2, 0) is 13.1 Å². The summed E-state index contributed by atoms with van der Waals surface area (Å²) in [6, 6.07) is 25.4. The number of hydrogen-bond acceptors (Lipinski definition) is 5. The molecule has 1 amide bonds. The Balaban J connectivity index is 1.33. The van der Waals surface area contributed by atoms with Crippen LogP contribution in [0.15, 0.2) is 72.8 Å². The fourth-order valence-corrected chi connectivity index (χ4v) is 5.67. The molecule has 0 saturated carbocycles. The van der Waals surface area contributed by atoms with Crippen LogP contribution in [0, 0.1) is 0 Å². The molecule has 1 fully saturated rings. The number of carbonyl (C=O) groups excluding carboxylic acids is 1. The number of carbonyl (C=O) groups is 1. The van der Waals surface area contributed by atoms with Crippen molar-refractivity contribution in [3.05, 3.63) is 89.5 Å². The summed E-state index contributed by atoms with van der Waals surface area (Å²) in [5.74, 6) is 1.36. The van der Waals surface area contributed by atoms with E-state index in [1.807, 2.05) is 23.1 Å². The average molecular weight is 470 g/mol. The van der Waals surface area contributed by atoms with Crippen molar-refractivity contribution in [1.29, 1.82) is 0 Å². The molecule has 2 atom stereocenters. The van der Waals surface area contributed by atoms with Crippen molar-refractivity contribution in [3.8, 4) is 11.5 Å². The van der Waals surface area contributed by atoms with Crippen molar-refractivity contribution in [3.63, 3.8) is 0 Å². The number of nitrogens with zero attached hydrogens (tertiary/aromatic N) is 2. The highest BCUT2D eigenvalue weighted by atomic mass is 16.7. The number of para-hydroxylation sites is 1. The highest BCUT2D eigenvalue weighted by molar-refractivity contribution is 5.95. The summed E-state index contributed by atoms with van der Waals surface area (Å²) < 4.78 is 11.0. The molecule has 3 aromatic carbocycles. The first-order valence-electron chi connectivity index (χ1n) is 12.5. The second-order valence-electron chi connectivity index (χ2n) is 9.67. The molecule has 1 N–H and O–H groups in total. The Hall–Kier alpha value is -3.51. The second-order valence-corrected chi connectivity index (χ2v) is 9.67. The number of fused-ring (bicyclic) bond motifs is 4. The summed E-state index contributed by atoms with van der Waals surface area (Å²) >= 11 is 0. The summed E-state index contributed by atoms with van der Waals surface area (Å²) in [6.45, 7) is 3.31. The number of rotatable bonds is 3. The number of benzene rings is 3. The molecule has 35 heavy (non-hydrogen) atoms. The molecule has 0 unspecified atom stereocenters. The smallest absolute Gasteiger partial charge is 0.254 e. The molecular formula is C29H31N3O3. The van der Waals surface area contributed by atoms with E-state index in [1.165, 1.54) is 5.56 Å². The Bertz CT molecular complexity index is 1200. The Morgan fingerprint density at radius 3 is 2.60 bits per heavy atom. The van der Waals surface area contributed by atoms with Gasteiger partial charge in [-0.1, -0.05) is 48.5 Å². The Morgan fingerprint density at radius 2 is 1.69 bits per heavy atom. The van der Waals surface area contributed by atoms with Crippen LogP contribution in [0.2, 0.25) is 0 Å². The quantitative estimate of drug-likeness (QED) is 0.591. The number of anilines is 1. The van der Waals surface area contributed by atoms with Gasteiger partial charge in [0.15, 0.2) is 11.5 Å². The zero-order chi connectivity index (χ0) is 23.6. The molecule has 0 aliphatic carbocycles. The Morgan fingerprint density at radius 1 is 0.886 bits per heavy atom. The van der Waals surface area contributed by atoms with Crippen LogP contribution in [0.1, 0.15) is 40.7 Å². The van der Waals surface area contributed by atoms with Gasteiger partial charge in [-0.25, -0.2) is 0 Å². The zero-order valence-corrected chi connectivity index (χ0v) is 19.9. The maximum Gasteiger partial charge on any atom is 0.254 e. The van der Waals surface area contributed by atoms with Crippen molar-refractivity contribution in [1.82, 2.24) is 9.80 Å². The number of nitrogens with one attached hydrogen (secondary N) is 1. The van der Waals surface area contributed by atoms with Gasteiger partial charge in [0, 0.05) is 49.5 Å². The molecule has 1 saturated heterocycles. The lowest BCUT2D eigenvalue weighted by Gasteiger charge is -2.34. The third-order valence-electron chi connectivity index (χ3n) is 7.49. The first kappa shape index (κ1) is 22.0. The summed E-state index contributed by atoms with van der Waals surface area (Å²) in [7, 11) is 0. The lowest BCUT2D eigenvalue weighted by Crippen LogP contribution is -2.44. The predicted octanol–water partition coefficient (Wildman–Crippen LogP) is 4.91. The van der Waals surface area contributed by atoms with Crippen molar-refractivity contribution in [2.75, 3.05) is 25.2 Å². The van der Waals surface area contributed by atoms with Crippen molar-refractivity contribution >= 4 is 11.6 Å². The van der Waals surface area contributed by atoms with Crippen LogP contribution in [0.3, 0.4) is 0 Å². The fourth-order valence-electron chi connectivity index (χ4n) is 5.67. The van der Waals surface area contributed by atoms with E-state index in [9.17, 15) is 4.79 Å². The first-order valence-corrected chi connectivity index (χ1v) is 12.5. The Kier molecular flexibility index (Phi) is 6.05. The normalized spacial score (nSPS) is 21.7. The highest BCUT2D eigenvalue weighted by Crippen LogP contribution is 2.34. The van der Waals surface area contributed by atoms with E-state index in [0.29, 0.717) is 42.2 Å². The van der Waals surface area contributed by atoms with Gasteiger partial charge in [0.05, 0.1) is 0 Å². The van der Waals surface area contributed by atoms with Crippen LogP contribution < -0.4 is 14.8 Å². The Labute approximate surface area is 206 Å². The molecule has 6 nitrogen and oxygen atoms in total. The van der Waals surface area contributed by atoms with Crippen LogP contribution >= 0.6 is 0 Å². The molecule has 0 spiro atoms. The lowest BCUT2D eigenvalue weighted by atomic mass is 10.1. The van der Waals surface area contributed by atoms with E-state index in [0.717, 1.165) is 43.6 Å². The predicted molar refractivity (Wildman–Crippen MR) is 136 cm³/mol. The van der Waals surface area contributed by atoms with Gasteiger partial charge in [0.1, 0.15) is 0 Å². The molecule has 0 aromatic heterocycles. The molecule has 180 valence electrons. The monoisotopic (exact) mass is 469 g/mol. The van der Waals surface area contributed by atoms with Gasteiger partial charge in [-0.3, -0.25) is 9.69 Å². The van der Waals surface area contributed by atoms with E-state index >= 15 is 0 Å². The van der Waals surface area contributed by atoms with Crippen molar-refractivity contribution in [2.45, 2.75) is 44.4 Å². The molecule has 3 heterocycles. The summed E-state index contributed by atoms with van der Waals surface area (Å²) in [5.41, 5.74) is 4.22. The van der Waals surface area contributed by atoms with Gasteiger partial charge in [-0.15, -0.1) is 0 Å². The van der Waals surface area contributed by atoms with Crippen LogP contribution in [0.25, 0.3) is 0 Å². The largest absolute Gasteiger partial charge is 0.454 e.